The number of rotatable bonds is 9. The maximum Gasteiger partial charge on any atom is 0.186 e. The van der Waals surface area contributed by atoms with Crippen LogP contribution < -0.4 is 5.32 Å². The number of nitrogens with one attached hydrogen (secondary N) is 2. The number of carbonyl (C=O) groups is 2. The lowest BCUT2D eigenvalue weighted by molar-refractivity contribution is -0.116. The Morgan fingerprint density at radius 3 is 2.42 bits per heavy atom. The molecule has 0 spiro atoms. The van der Waals surface area contributed by atoms with Gasteiger partial charge in [0, 0.05) is 35.6 Å². The third-order valence-electron chi connectivity index (χ3n) is 5.70. The normalized spacial score (nSPS) is 11.8. The van der Waals surface area contributed by atoms with Crippen LogP contribution in [-0.4, -0.2) is 23.1 Å². The summed E-state index contributed by atoms with van der Waals surface area (Å²) in [6.07, 6.45) is 2.87. The van der Waals surface area contributed by atoms with Gasteiger partial charge in [-0.3, -0.25) is 9.59 Å². The second kappa shape index (κ2) is 10.1. The molecule has 5 heteroatoms. The summed E-state index contributed by atoms with van der Waals surface area (Å²) < 4.78 is 0. The third-order valence-corrected chi connectivity index (χ3v) is 5.70. The van der Waals surface area contributed by atoms with Gasteiger partial charge in [-0.1, -0.05) is 54.6 Å². The number of hydrogen-bond donors (Lipinski definition) is 2. The average molecular weight is 436 g/mol. The predicted molar refractivity (Wildman–Crippen MR) is 129 cm³/mol. The van der Waals surface area contributed by atoms with E-state index in [2.05, 4.69) is 16.4 Å². The van der Waals surface area contributed by atoms with E-state index >= 15 is 0 Å². The molecule has 1 aromatic heterocycles. The Balaban J connectivity index is 1.56. The molecule has 0 radical (unpaired) electrons. The second-order valence-electron chi connectivity index (χ2n) is 8.18. The topological polar surface area (TPSA) is 85.8 Å². The molecule has 1 unspecified atom stereocenters. The standard InChI is InChI=1S/C28H25N3O2/c1-19(32)15-22-11-12-24-25(18-31-26(24)16-22)28(33)27(23-5-3-2-4-6-23)30-14-13-20-7-9-21(17-29)10-8-20/h2-12,16,18,27,30-31H,13-15H2,1H3. The molecule has 4 aromatic rings. The number of aromatic amines is 1. The van der Waals surface area contributed by atoms with Crippen LogP contribution in [0.5, 0.6) is 0 Å². The number of aromatic nitrogens is 1. The van der Waals surface area contributed by atoms with Crippen molar-refractivity contribution < 1.29 is 9.59 Å². The highest BCUT2D eigenvalue weighted by Crippen LogP contribution is 2.26. The molecule has 0 saturated heterocycles. The first kappa shape index (κ1) is 22.2. The lowest BCUT2D eigenvalue weighted by Crippen LogP contribution is -2.30. The fourth-order valence-electron chi connectivity index (χ4n) is 4.04. The Labute approximate surface area is 193 Å². The third kappa shape index (κ3) is 5.25. The zero-order valence-corrected chi connectivity index (χ0v) is 18.5. The maximum absolute atomic E-state index is 13.6. The van der Waals surface area contributed by atoms with Crippen LogP contribution in [0.15, 0.2) is 79.0 Å². The molecule has 0 fully saturated rings. The smallest absolute Gasteiger partial charge is 0.186 e. The van der Waals surface area contributed by atoms with Gasteiger partial charge in [0.2, 0.25) is 0 Å². The molecule has 2 N–H and O–H groups in total. The van der Waals surface area contributed by atoms with Crippen molar-refractivity contribution in [3.63, 3.8) is 0 Å². The van der Waals surface area contributed by atoms with Crippen LogP contribution in [-0.2, 0) is 17.6 Å². The van der Waals surface area contributed by atoms with Crippen LogP contribution in [0.2, 0.25) is 0 Å². The van der Waals surface area contributed by atoms with Crippen LogP contribution in [0.4, 0.5) is 0 Å². The van der Waals surface area contributed by atoms with E-state index in [0.717, 1.165) is 34.0 Å². The van der Waals surface area contributed by atoms with Gasteiger partial charge < -0.3 is 10.3 Å². The molecule has 3 aromatic carbocycles. The predicted octanol–water partition coefficient (Wildman–Crippen LogP) is 4.93. The Bertz CT molecular complexity index is 1320. The minimum atomic E-state index is -0.486. The minimum absolute atomic E-state index is 0.00778. The molecule has 164 valence electrons. The van der Waals surface area contributed by atoms with Gasteiger partial charge in [0.1, 0.15) is 5.78 Å². The van der Waals surface area contributed by atoms with E-state index in [4.69, 9.17) is 5.26 Å². The van der Waals surface area contributed by atoms with Gasteiger partial charge in [0.15, 0.2) is 5.78 Å². The molecular formula is C28H25N3O2. The van der Waals surface area contributed by atoms with E-state index in [9.17, 15) is 9.59 Å². The maximum atomic E-state index is 13.6. The molecule has 33 heavy (non-hydrogen) atoms. The summed E-state index contributed by atoms with van der Waals surface area (Å²) >= 11 is 0. The summed E-state index contributed by atoms with van der Waals surface area (Å²) in [5.41, 5.74) is 5.04. The van der Waals surface area contributed by atoms with Crippen molar-refractivity contribution in [2.75, 3.05) is 6.54 Å². The fourth-order valence-corrected chi connectivity index (χ4v) is 4.04. The van der Waals surface area contributed by atoms with Crippen molar-refractivity contribution in [2.45, 2.75) is 25.8 Å². The highest BCUT2D eigenvalue weighted by molar-refractivity contribution is 6.10. The largest absolute Gasteiger partial charge is 0.360 e. The lowest BCUT2D eigenvalue weighted by Gasteiger charge is -2.18. The first-order valence-corrected chi connectivity index (χ1v) is 11.0. The summed E-state index contributed by atoms with van der Waals surface area (Å²) in [4.78, 5) is 28.3. The first-order chi connectivity index (χ1) is 16.0. The van der Waals surface area contributed by atoms with Crippen LogP contribution in [0, 0.1) is 11.3 Å². The molecule has 0 saturated carbocycles. The number of Topliss-reactive ketones (excluding diaryl/α,β-unsaturated/α-hetero) is 2. The van der Waals surface area contributed by atoms with Crippen molar-refractivity contribution in [1.29, 1.82) is 5.26 Å². The molecule has 1 atom stereocenters. The van der Waals surface area contributed by atoms with Gasteiger partial charge in [-0.15, -0.1) is 0 Å². The quantitative estimate of drug-likeness (QED) is 0.365. The number of fused-ring (bicyclic) bond motifs is 1. The van der Waals surface area contributed by atoms with Crippen molar-refractivity contribution >= 4 is 22.5 Å². The molecule has 0 bridgehead atoms. The van der Waals surface area contributed by atoms with E-state index in [1.807, 2.05) is 72.8 Å². The van der Waals surface area contributed by atoms with Crippen molar-refractivity contribution in [3.05, 3.63) is 107 Å². The Kier molecular flexibility index (Phi) is 6.77. The fraction of sp³-hybridized carbons (Fsp3) is 0.179. The summed E-state index contributed by atoms with van der Waals surface area (Å²) in [5.74, 6) is 0.0967. The Morgan fingerprint density at radius 1 is 1.00 bits per heavy atom. The van der Waals surface area contributed by atoms with E-state index in [1.54, 1.807) is 13.1 Å². The van der Waals surface area contributed by atoms with Gasteiger partial charge in [0.05, 0.1) is 17.7 Å². The summed E-state index contributed by atoms with van der Waals surface area (Å²) in [5, 5.41) is 13.2. The zero-order chi connectivity index (χ0) is 23.2. The number of nitriles is 1. The number of carbonyl (C=O) groups excluding carboxylic acids is 2. The number of nitrogens with zero attached hydrogens (tertiary/aromatic N) is 1. The number of ketones is 2. The highest BCUT2D eigenvalue weighted by atomic mass is 16.1. The summed E-state index contributed by atoms with van der Waals surface area (Å²) in [7, 11) is 0. The van der Waals surface area contributed by atoms with Gasteiger partial charge in [-0.2, -0.15) is 5.26 Å². The lowest BCUT2D eigenvalue weighted by atomic mass is 9.96. The van der Waals surface area contributed by atoms with Crippen LogP contribution >= 0.6 is 0 Å². The second-order valence-corrected chi connectivity index (χ2v) is 8.18. The Hall–Kier alpha value is -4.01. The average Bonchev–Trinajstić information content (AvgIpc) is 3.25. The van der Waals surface area contributed by atoms with E-state index in [1.165, 1.54) is 0 Å². The molecule has 1 heterocycles. The number of benzene rings is 3. The highest BCUT2D eigenvalue weighted by Gasteiger charge is 2.24. The van der Waals surface area contributed by atoms with Crippen LogP contribution in [0.25, 0.3) is 10.9 Å². The van der Waals surface area contributed by atoms with Gasteiger partial charge >= 0.3 is 0 Å². The van der Waals surface area contributed by atoms with Gasteiger partial charge in [-0.05, 0) is 48.2 Å². The monoisotopic (exact) mass is 435 g/mol. The summed E-state index contributed by atoms with van der Waals surface area (Å²) in [6, 6.07) is 24.6. The molecule has 0 aliphatic carbocycles. The van der Waals surface area contributed by atoms with Crippen LogP contribution in [0.1, 0.15) is 45.6 Å². The van der Waals surface area contributed by atoms with Crippen LogP contribution in [0.3, 0.4) is 0 Å². The van der Waals surface area contributed by atoms with Crippen molar-refractivity contribution in [1.82, 2.24) is 10.3 Å². The number of hydrogen-bond acceptors (Lipinski definition) is 4. The minimum Gasteiger partial charge on any atom is -0.360 e. The van der Waals surface area contributed by atoms with Gasteiger partial charge in [0.25, 0.3) is 0 Å². The molecule has 0 amide bonds. The van der Waals surface area contributed by atoms with Crippen molar-refractivity contribution in [2.24, 2.45) is 0 Å². The molecule has 4 rings (SSSR count). The zero-order valence-electron chi connectivity index (χ0n) is 18.5. The molecule has 0 aliphatic rings. The molecule has 0 aliphatic heterocycles. The number of H-pyrrole nitrogens is 1. The van der Waals surface area contributed by atoms with E-state index in [0.29, 0.717) is 24.1 Å². The molecular weight excluding hydrogens is 410 g/mol. The Morgan fingerprint density at radius 2 is 1.73 bits per heavy atom. The van der Waals surface area contributed by atoms with E-state index in [-0.39, 0.29) is 11.6 Å². The first-order valence-electron chi connectivity index (χ1n) is 11.0. The SMILES string of the molecule is CC(=O)Cc1ccc2c(C(=O)C(NCCc3ccc(C#N)cc3)c3ccccc3)c[nH]c2c1. The summed E-state index contributed by atoms with van der Waals surface area (Å²) in [6.45, 7) is 2.18. The van der Waals surface area contributed by atoms with Crippen molar-refractivity contribution in [3.8, 4) is 6.07 Å². The molecule has 5 nitrogen and oxygen atoms in total. The van der Waals surface area contributed by atoms with E-state index < -0.39 is 6.04 Å². The van der Waals surface area contributed by atoms with Gasteiger partial charge in [-0.25, -0.2) is 0 Å².